The van der Waals surface area contributed by atoms with Gasteiger partial charge in [0, 0.05) is 12.7 Å². The van der Waals surface area contributed by atoms with E-state index in [1.807, 2.05) is 18.0 Å². The van der Waals surface area contributed by atoms with Crippen LogP contribution < -0.4 is 4.90 Å². The molecule has 0 aliphatic heterocycles. The second-order valence-corrected chi connectivity index (χ2v) is 4.26. The average molecular weight is 259 g/mol. The summed E-state index contributed by atoms with van der Waals surface area (Å²) in [6.45, 7) is 0. The number of benzene rings is 2. The second kappa shape index (κ2) is 4.99. The molecule has 4 heteroatoms. The van der Waals surface area contributed by atoms with Crippen molar-refractivity contribution in [2.75, 3.05) is 11.9 Å². The molecule has 2 aromatic rings. The van der Waals surface area contributed by atoms with E-state index in [0.29, 0.717) is 10.6 Å². The SMILES string of the molecule is CN(c1ccc(O)cc1)c1ccc(C#N)cc1Cl. The third-order valence-electron chi connectivity index (χ3n) is 2.68. The minimum atomic E-state index is 0.220. The molecule has 0 aromatic heterocycles. The molecule has 0 saturated carbocycles. The zero-order valence-corrected chi connectivity index (χ0v) is 10.5. The highest BCUT2D eigenvalue weighted by Crippen LogP contribution is 2.31. The van der Waals surface area contributed by atoms with Gasteiger partial charge in [0.25, 0.3) is 0 Å². The lowest BCUT2D eigenvalue weighted by atomic mass is 10.2. The molecule has 0 amide bonds. The summed E-state index contributed by atoms with van der Waals surface area (Å²) in [7, 11) is 1.87. The first kappa shape index (κ1) is 12.3. The number of aromatic hydroxyl groups is 1. The minimum Gasteiger partial charge on any atom is -0.508 e. The Morgan fingerprint density at radius 2 is 1.83 bits per heavy atom. The van der Waals surface area contributed by atoms with Crippen molar-refractivity contribution in [3.63, 3.8) is 0 Å². The topological polar surface area (TPSA) is 47.3 Å². The summed E-state index contributed by atoms with van der Waals surface area (Å²) < 4.78 is 0. The molecule has 3 nitrogen and oxygen atoms in total. The molecule has 2 rings (SSSR count). The first-order chi connectivity index (χ1) is 8.61. The summed E-state index contributed by atoms with van der Waals surface area (Å²) in [6, 6.07) is 14.0. The van der Waals surface area contributed by atoms with Gasteiger partial charge in [-0.25, -0.2) is 0 Å². The molecular formula is C14H11ClN2O. The number of hydrogen-bond donors (Lipinski definition) is 1. The Morgan fingerprint density at radius 1 is 1.17 bits per heavy atom. The molecule has 0 aliphatic carbocycles. The van der Waals surface area contributed by atoms with Crippen LogP contribution in [0.4, 0.5) is 11.4 Å². The smallest absolute Gasteiger partial charge is 0.115 e. The number of phenols is 1. The first-order valence-electron chi connectivity index (χ1n) is 5.34. The van der Waals surface area contributed by atoms with E-state index in [-0.39, 0.29) is 5.75 Å². The van der Waals surface area contributed by atoms with E-state index in [2.05, 4.69) is 0 Å². The van der Waals surface area contributed by atoms with E-state index in [4.69, 9.17) is 16.9 Å². The van der Waals surface area contributed by atoms with Crippen LogP contribution in [-0.4, -0.2) is 12.2 Å². The highest BCUT2D eigenvalue weighted by Gasteiger charge is 2.08. The number of anilines is 2. The normalized spacial score (nSPS) is 9.83. The van der Waals surface area contributed by atoms with Gasteiger partial charge in [-0.1, -0.05) is 11.6 Å². The molecule has 0 fully saturated rings. The van der Waals surface area contributed by atoms with E-state index in [1.165, 1.54) is 0 Å². The van der Waals surface area contributed by atoms with E-state index in [1.54, 1.807) is 42.5 Å². The molecule has 0 saturated heterocycles. The van der Waals surface area contributed by atoms with E-state index in [9.17, 15) is 5.11 Å². The summed E-state index contributed by atoms with van der Waals surface area (Å²) in [5.41, 5.74) is 2.24. The average Bonchev–Trinajstić information content (AvgIpc) is 2.38. The van der Waals surface area contributed by atoms with E-state index >= 15 is 0 Å². The maximum absolute atomic E-state index is 9.25. The fourth-order valence-electron chi connectivity index (χ4n) is 1.66. The molecule has 90 valence electrons. The molecule has 0 spiro atoms. The lowest BCUT2D eigenvalue weighted by Gasteiger charge is -2.20. The third kappa shape index (κ3) is 2.39. The quantitative estimate of drug-likeness (QED) is 0.894. The monoisotopic (exact) mass is 258 g/mol. The summed E-state index contributed by atoms with van der Waals surface area (Å²) in [5, 5.41) is 18.6. The molecule has 2 aromatic carbocycles. The van der Waals surface area contributed by atoms with Crippen LogP contribution in [0, 0.1) is 11.3 Å². The second-order valence-electron chi connectivity index (χ2n) is 3.85. The molecule has 0 radical (unpaired) electrons. The van der Waals surface area contributed by atoms with Crippen molar-refractivity contribution in [3.8, 4) is 11.8 Å². The van der Waals surface area contributed by atoms with E-state index in [0.717, 1.165) is 11.4 Å². The lowest BCUT2D eigenvalue weighted by molar-refractivity contribution is 0.475. The number of nitriles is 1. The Balaban J connectivity index is 2.37. The first-order valence-corrected chi connectivity index (χ1v) is 5.72. The molecule has 0 unspecified atom stereocenters. The highest BCUT2D eigenvalue weighted by molar-refractivity contribution is 6.33. The van der Waals surface area contributed by atoms with Crippen molar-refractivity contribution in [3.05, 3.63) is 53.1 Å². The zero-order valence-electron chi connectivity index (χ0n) is 9.76. The summed E-state index contributed by atoms with van der Waals surface area (Å²) in [5.74, 6) is 0.220. The maximum atomic E-state index is 9.25. The fraction of sp³-hybridized carbons (Fsp3) is 0.0714. The fourth-order valence-corrected chi connectivity index (χ4v) is 1.97. The predicted octanol–water partition coefficient (Wildman–Crippen LogP) is 3.69. The van der Waals surface area contributed by atoms with Crippen LogP contribution in [0.5, 0.6) is 5.75 Å². The van der Waals surface area contributed by atoms with Crippen LogP contribution in [0.15, 0.2) is 42.5 Å². The molecular weight excluding hydrogens is 248 g/mol. The number of hydrogen-bond acceptors (Lipinski definition) is 3. The van der Waals surface area contributed by atoms with Crippen LogP contribution in [0.25, 0.3) is 0 Å². The highest BCUT2D eigenvalue weighted by atomic mass is 35.5. The van der Waals surface area contributed by atoms with Crippen LogP contribution in [-0.2, 0) is 0 Å². The van der Waals surface area contributed by atoms with Gasteiger partial charge in [0.15, 0.2) is 0 Å². The Kier molecular flexibility index (Phi) is 3.40. The number of halogens is 1. The maximum Gasteiger partial charge on any atom is 0.115 e. The van der Waals surface area contributed by atoms with Gasteiger partial charge in [0.05, 0.1) is 22.3 Å². The largest absolute Gasteiger partial charge is 0.508 e. The van der Waals surface area contributed by atoms with Crippen molar-refractivity contribution in [2.45, 2.75) is 0 Å². The standard InChI is InChI=1S/C14H11ClN2O/c1-17(11-3-5-12(18)6-4-11)14-7-2-10(9-16)8-13(14)15/h2-8,18H,1H3. The molecule has 0 bridgehead atoms. The summed E-state index contributed by atoms with van der Waals surface area (Å²) in [6.07, 6.45) is 0. The Hall–Kier alpha value is -2.18. The molecule has 18 heavy (non-hydrogen) atoms. The van der Waals surface area contributed by atoms with Gasteiger partial charge >= 0.3 is 0 Å². The van der Waals surface area contributed by atoms with Gasteiger partial charge in [-0.3, -0.25) is 0 Å². The Bertz CT molecular complexity index is 602. The van der Waals surface area contributed by atoms with Crippen LogP contribution in [0.3, 0.4) is 0 Å². The van der Waals surface area contributed by atoms with Gasteiger partial charge in [0.1, 0.15) is 5.75 Å². The molecule has 0 atom stereocenters. The third-order valence-corrected chi connectivity index (χ3v) is 2.98. The van der Waals surface area contributed by atoms with Gasteiger partial charge in [-0.05, 0) is 42.5 Å². The lowest BCUT2D eigenvalue weighted by Crippen LogP contribution is -2.09. The van der Waals surface area contributed by atoms with E-state index < -0.39 is 0 Å². The van der Waals surface area contributed by atoms with Gasteiger partial charge in [-0.15, -0.1) is 0 Å². The van der Waals surface area contributed by atoms with Crippen molar-refractivity contribution in [1.82, 2.24) is 0 Å². The number of phenolic OH excluding ortho intramolecular Hbond substituents is 1. The van der Waals surface area contributed by atoms with Crippen molar-refractivity contribution >= 4 is 23.0 Å². The van der Waals surface area contributed by atoms with Gasteiger partial charge in [-0.2, -0.15) is 5.26 Å². The minimum absolute atomic E-state index is 0.220. The van der Waals surface area contributed by atoms with Crippen LogP contribution >= 0.6 is 11.6 Å². The van der Waals surface area contributed by atoms with Crippen molar-refractivity contribution in [1.29, 1.82) is 5.26 Å². The predicted molar refractivity (Wildman–Crippen MR) is 72.3 cm³/mol. The molecule has 0 heterocycles. The Morgan fingerprint density at radius 3 is 2.39 bits per heavy atom. The number of rotatable bonds is 2. The van der Waals surface area contributed by atoms with Crippen molar-refractivity contribution < 1.29 is 5.11 Å². The Labute approximate surface area is 110 Å². The van der Waals surface area contributed by atoms with Gasteiger partial charge in [0.2, 0.25) is 0 Å². The molecule has 0 aliphatic rings. The van der Waals surface area contributed by atoms with Crippen LogP contribution in [0.2, 0.25) is 5.02 Å². The number of nitrogens with zero attached hydrogens (tertiary/aromatic N) is 2. The molecule has 1 N–H and O–H groups in total. The van der Waals surface area contributed by atoms with Crippen LogP contribution in [0.1, 0.15) is 5.56 Å². The van der Waals surface area contributed by atoms with Gasteiger partial charge < -0.3 is 10.0 Å². The zero-order chi connectivity index (χ0) is 13.1. The summed E-state index contributed by atoms with van der Waals surface area (Å²) >= 11 is 6.14. The summed E-state index contributed by atoms with van der Waals surface area (Å²) in [4.78, 5) is 1.89. The van der Waals surface area contributed by atoms with Crippen molar-refractivity contribution in [2.24, 2.45) is 0 Å².